The third-order valence-electron chi connectivity index (χ3n) is 5.73. The number of ether oxygens (including phenoxy) is 2. The van der Waals surface area contributed by atoms with Gasteiger partial charge in [-0.05, 0) is 54.7 Å². The molecule has 1 aromatic heterocycles. The van der Waals surface area contributed by atoms with Gasteiger partial charge in [0.05, 0.1) is 12.6 Å². The molecule has 0 spiro atoms. The van der Waals surface area contributed by atoms with E-state index >= 15 is 0 Å². The number of hydrogen-bond donors (Lipinski definition) is 2. The Morgan fingerprint density at radius 3 is 2.63 bits per heavy atom. The van der Waals surface area contributed by atoms with Crippen molar-refractivity contribution in [3.05, 3.63) is 63.6 Å². The number of rotatable bonds is 10. The van der Waals surface area contributed by atoms with Crippen LogP contribution in [0.4, 0.5) is 5.13 Å². The molecule has 1 aliphatic carbocycles. The van der Waals surface area contributed by atoms with Crippen molar-refractivity contribution in [1.29, 1.82) is 0 Å². The van der Waals surface area contributed by atoms with Gasteiger partial charge in [0.15, 0.2) is 0 Å². The summed E-state index contributed by atoms with van der Waals surface area (Å²) in [4.78, 5) is 12.0. The molecule has 0 bridgehead atoms. The molecule has 1 amide bonds. The number of nitrogens with one attached hydrogen (secondary N) is 1. The number of hydrazone groups is 1. The summed E-state index contributed by atoms with van der Waals surface area (Å²) in [6.07, 6.45) is 8.09. The molecule has 3 aromatic rings. The zero-order valence-corrected chi connectivity index (χ0v) is 20.9. The first kappa shape index (κ1) is 24.9. The lowest BCUT2D eigenvalue weighted by Crippen LogP contribution is -2.19. The van der Waals surface area contributed by atoms with Crippen molar-refractivity contribution in [3.8, 4) is 11.5 Å². The highest BCUT2D eigenvalue weighted by Crippen LogP contribution is 2.33. The van der Waals surface area contributed by atoms with E-state index in [1.165, 1.54) is 43.9 Å². The number of nitrogens with zero attached hydrogens (tertiary/aromatic N) is 3. The maximum absolute atomic E-state index is 12.0. The van der Waals surface area contributed by atoms with Crippen LogP contribution in [-0.2, 0) is 11.2 Å². The number of nitrogen functional groups attached to an aromatic ring is 1. The topological polar surface area (TPSA) is 112 Å². The highest BCUT2D eigenvalue weighted by Gasteiger charge is 2.15. The van der Waals surface area contributed by atoms with Crippen LogP contribution in [0.2, 0.25) is 5.02 Å². The van der Waals surface area contributed by atoms with Crippen LogP contribution in [0.5, 0.6) is 11.5 Å². The normalized spacial score (nSPS) is 14.2. The van der Waals surface area contributed by atoms with Crippen LogP contribution < -0.4 is 20.6 Å². The van der Waals surface area contributed by atoms with Crippen LogP contribution in [0.3, 0.4) is 0 Å². The third-order valence-corrected chi connectivity index (χ3v) is 6.71. The second-order valence-electron chi connectivity index (χ2n) is 8.29. The minimum absolute atomic E-state index is 0.0457. The van der Waals surface area contributed by atoms with Gasteiger partial charge in [-0.15, -0.1) is 10.2 Å². The van der Waals surface area contributed by atoms with Crippen molar-refractivity contribution < 1.29 is 14.3 Å². The van der Waals surface area contributed by atoms with E-state index in [1.54, 1.807) is 18.2 Å². The Kier molecular flexibility index (Phi) is 8.91. The fourth-order valence-corrected chi connectivity index (χ4v) is 4.81. The molecule has 184 valence electrons. The molecular weight excluding hydrogens is 486 g/mol. The summed E-state index contributed by atoms with van der Waals surface area (Å²) in [5.74, 6) is 1.76. The molecular formula is C25H28ClN5O3S. The number of carbonyl (C=O) groups is 1. The van der Waals surface area contributed by atoms with Crippen LogP contribution in [0.25, 0.3) is 0 Å². The van der Waals surface area contributed by atoms with Crippen molar-refractivity contribution in [2.24, 2.45) is 5.10 Å². The van der Waals surface area contributed by atoms with Gasteiger partial charge >= 0.3 is 0 Å². The Labute approximate surface area is 213 Å². The Morgan fingerprint density at radius 1 is 1.11 bits per heavy atom. The van der Waals surface area contributed by atoms with Crippen molar-refractivity contribution in [2.45, 2.75) is 44.4 Å². The lowest BCUT2D eigenvalue weighted by Gasteiger charge is -2.22. The van der Waals surface area contributed by atoms with Gasteiger partial charge in [0.2, 0.25) is 11.0 Å². The summed E-state index contributed by atoms with van der Waals surface area (Å²) in [6.45, 7) is 0.737. The molecule has 0 radical (unpaired) electrons. The average Bonchev–Trinajstić information content (AvgIpc) is 3.28. The van der Waals surface area contributed by atoms with Gasteiger partial charge in [0, 0.05) is 10.6 Å². The van der Waals surface area contributed by atoms with Gasteiger partial charge < -0.3 is 15.2 Å². The summed E-state index contributed by atoms with van der Waals surface area (Å²) in [5, 5.41) is 12.9. The van der Waals surface area contributed by atoms with Gasteiger partial charge in [0.25, 0.3) is 0 Å². The highest BCUT2D eigenvalue weighted by atomic mass is 35.5. The largest absolute Gasteiger partial charge is 0.490 e. The Morgan fingerprint density at radius 2 is 1.89 bits per heavy atom. The molecule has 1 saturated carbocycles. The molecule has 0 saturated heterocycles. The number of aromatic nitrogens is 2. The standard InChI is InChI=1S/C25H28ClN5O3S/c26-20-8-11-22(19(14-20)16-28-29-23(32)15-24-30-31-25(27)35-24)34-13-12-33-21-9-6-18(7-10-21)17-4-2-1-3-5-17/h6-11,14,16-17H,1-5,12-13,15H2,(H2,27,31)(H,29,32)/b28-16-. The molecule has 10 heteroatoms. The second-order valence-corrected chi connectivity index (χ2v) is 9.82. The lowest BCUT2D eigenvalue weighted by atomic mass is 9.84. The maximum atomic E-state index is 12.0. The number of benzene rings is 2. The number of amides is 1. The van der Waals surface area contributed by atoms with E-state index < -0.39 is 0 Å². The third kappa shape index (κ3) is 7.66. The first-order valence-corrected chi connectivity index (χ1v) is 12.8. The molecule has 4 rings (SSSR count). The minimum atomic E-state index is -0.329. The van der Waals surface area contributed by atoms with Gasteiger partial charge in [-0.1, -0.05) is 54.3 Å². The molecule has 1 heterocycles. The predicted octanol–water partition coefficient (Wildman–Crippen LogP) is 4.97. The molecule has 1 fully saturated rings. The summed E-state index contributed by atoms with van der Waals surface area (Å²) in [5.41, 5.74) is 10.0. The molecule has 3 N–H and O–H groups in total. The lowest BCUT2D eigenvalue weighted by molar-refractivity contribution is -0.120. The molecule has 1 aliphatic rings. The first-order chi connectivity index (χ1) is 17.1. The molecule has 0 atom stereocenters. The fourth-order valence-electron chi connectivity index (χ4n) is 4.02. The average molecular weight is 514 g/mol. The van der Waals surface area contributed by atoms with Crippen molar-refractivity contribution >= 4 is 40.2 Å². The summed E-state index contributed by atoms with van der Waals surface area (Å²) < 4.78 is 11.7. The molecule has 8 nitrogen and oxygen atoms in total. The molecule has 0 aliphatic heterocycles. The van der Waals surface area contributed by atoms with E-state index in [9.17, 15) is 4.79 Å². The van der Waals surface area contributed by atoms with E-state index in [-0.39, 0.29) is 12.3 Å². The summed E-state index contributed by atoms with van der Waals surface area (Å²) in [7, 11) is 0. The van der Waals surface area contributed by atoms with Crippen LogP contribution >= 0.6 is 22.9 Å². The van der Waals surface area contributed by atoms with Crippen molar-refractivity contribution in [1.82, 2.24) is 15.6 Å². The Bertz CT molecular complexity index is 1150. The first-order valence-electron chi connectivity index (χ1n) is 11.6. The van der Waals surface area contributed by atoms with E-state index in [2.05, 4.69) is 32.9 Å². The number of halogens is 1. The smallest absolute Gasteiger partial charge is 0.247 e. The monoisotopic (exact) mass is 513 g/mol. The van der Waals surface area contributed by atoms with Crippen molar-refractivity contribution in [2.75, 3.05) is 18.9 Å². The SMILES string of the molecule is Nc1nnc(CC(=O)N/N=C\c2cc(Cl)ccc2OCCOc2ccc(C3CCCCC3)cc2)s1. The van der Waals surface area contributed by atoms with E-state index in [1.807, 2.05) is 12.1 Å². The summed E-state index contributed by atoms with van der Waals surface area (Å²) in [6, 6.07) is 13.6. The number of carbonyl (C=O) groups excluding carboxylic acids is 1. The summed E-state index contributed by atoms with van der Waals surface area (Å²) >= 11 is 7.28. The number of anilines is 1. The zero-order valence-electron chi connectivity index (χ0n) is 19.3. The fraction of sp³-hybridized carbons (Fsp3) is 0.360. The predicted molar refractivity (Wildman–Crippen MR) is 138 cm³/mol. The molecule has 2 aromatic carbocycles. The van der Waals surface area contributed by atoms with Crippen LogP contribution in [0.1, 0.15) is 54.2 Å². The minimum Gasteiger partial charge on any atom is -0.490 e. The van der Waals surface area contributed by atoms with Crippen molar-refractivity contribution in [3.63, 3.8) is 0 Å². The van der Waals surface area contributed by atoms with Crippen LogP contribution in [-0.4, -0.2) is 35.5 Å². The number of nitrogens with two attached hydrogens (primary N) is 1. The van der Waals surface area contributed by atoms with Gasteiger partial charge in [-0.2, -0.15) is 5.10 Å². The van der Waals surface area contributed by atoms with E-state index in [0.717, 1.165) is 17.1 Å². The quantitative estimate of drug-likeness (QED) is 0.225. The van der Waals surface area contributed by atoms with E-state index in [0.29, 0.717) is 45.6 Å². The van der Waals surface area contributed by atoms with E-state index in [4.69, 9.17) is 26.8 Å². The number of hydrogen-bond acceptors (Lipinski definition) is 8. The highest BCUT2D eigenvalue weighted by molar-refractivity contribution is 7.15. The zero-order chi connectivity index (χ0) is 24.5. The van der Waals surface area contributed by atoms with Gasteiger partial charge in [-0.25, -0.2) is 5.43 Å². The Hall–Kier alpha value is -3.17. The van der Waals surface area contributed by atoms with Gasteiger partial charge in [-0.3, -0.25) is 4.79 Å². The van der Waals surface area contributed by atoms with Crippen LogP contribution in [0, 0.1) is 0 Å². The molecule has 0 unspecified atom stereocenters. The Balaban J connectivity index is 1.24. The maximum Gasteiger partial charge on any atom is 0.247 e. The van der Waals surface area contributed by atoms with Crippen LogP contribution in [0.15, 0.2) is 47.6 Å². The van der Waals surface area contributed by atoms with Gasteiger partial charge in [0.1, 0.15) is 29.7 Å². The second kappa shape index (κ2) is 12.5. The molecule has 35 heavy (non-hydrogen) atoms.